The maximum atomic E-state index is 10.8. The molecule has 6 N–H and O–H groups in total. The Kier molecular flexibility index (Phi) is 9.65. The topological polar surface area (TPSA) is 133 Å². The lowest BCUT2D eigenvalue weighted by Crippen LogP contribution is -2.48. The lowest BCUT2D eigenvalue weighted by atomic mass is 9.93. The van der Waals surface area contributed by atoms with E-state index in [1.807, 2.05) is 42.5 Å². The summed E-state index contributed by atoms with van der Waals surface area (Å²) in [5, 5.41) is 19.9. The van der Waals surface area contributed by atoms with Crippen molar-refractivity contribution in [2.75, 3.05) is 13.2 Å². The van der Waals surface area contributed by atoms with Crippen LogP contribution in [0.25, 0.3) is 0 Å². The number of rotatable bonds is 13. The molecule has 2 aromatic rings. The van der Waals surface area contributed by atoms with Crippen molar-refractivity contribution in [3.63, 3.8) is 0 Å². The second kappa shape index (κ2) is 11.7. The van der Waals surface area contributed by atoms with Crippen LogP contribution in [-0.4, -0.2) is 38.8 Å². The molecule has 30 heavy (non-hydrogen) atoms. The third-order valence-corrected chi connectivity index (χ3v) is 5.61. The minimum atomic E-state index is -4.64. The summed E-state index contributed by atoms with van der Waals surface area (Å²) in [6, 6.07) is 17.8. The van der Waals surface area contributed by atoms with Gasteiger partial charge in [0.05, 0.1) is 24.9 Å². The van der Waals surface area contributed by atoms with E-state index in [4.69, 9.17) is 15.5 Å². The minimum absolute atomic E-state index is 0.297. The maximum Gasteiger partial charge on any atom is 0.469 e. The fourth-order valence-corrected chi connectivity index (χ4v) is 3.61. The van der Waals surface area contributed by atoms with Crippen LogP contribution >= 0.6 is 7.82 Å². The van der Waals surface area contributed by atoms with Gasteiger partial charge in [-0.05, 0) is 48.8 Å². The number of aliphatic hydroxyl groups excluding tert-OH is 2. The minimum Gasteiger partial charge on any atom is -0.394 e. The van der Waals surface area contributed by atoms with E-state index in [9.17, 15) is 14.8 Å². The van der Waals surface area contributed by atoms with Crippen LogP contribution in [0.1, 0.15) is 48.5 Å². The Labute approximate surface area is 177 Å². The molecule has 0 spiro atoms. The molecule has 0 heterocycles. The van der Waals surface area contributed by atoms with Gasteiger partial charge >= 0.3 is 7.82 Å². The number of benzene rings is 2. The lowest BCUT2D eigenvalue weighted by molar-refractivity contribution is 0.102. The summed E-state index contributed by atoms with van der Waals surface area (Å²) in [4.78, 5) is 17.6. The molecule has 2 unspecified atom stereocenters. The Hall–Kier alpha value is -1.57. The standard InChI is InChI=1S/C22H32NO6P/c23-22(16-24,17-29-30(26,27)28)15-14-19-10-12-20(13-11-19)21(25)9-5-4-8-18-6-2-1-3-7-18/h1-3,6-7,10-13,21,24-25H,4-5,8-9,14-17,23H2,(H2,26,27,28). The SMILES string of the molecule is NC(CO)(CCc1ccc(C(O)CCCCc2ccccc2)cc1)COP(=O)(O)O. The molecule has 7 nitrogen and oxygen atoms in total. The zero-order chi connectivity index (χ0) is 22.0. The molecule has 8 heteroatoms. The molecule has 0 fully saturated rings. The number of hydrogen-bond acceptors (Lipinski definition) is 5. The van der Waals surface area contributed by atoms with Gasteiger partial charge in [0.2, 0.25) is 0 Å². The van der Waals surface area contributed by atoms with Crippen LogP contribution in [0.5, 0.6) is 0 Å². The van der Waals surface area contributed by atoms with E-state index in [2.05, 4.69) is 16.7 Å². The molecule has 0 bridgehead atoms. The van der Waals surface area contributed by atoms with Crippen molar-refractivity contribution >= 4 is 7.82 Å². The third kappa shape index (κ3) is 9.06. The molecule has 0 saturated heterocycles. The van der Waals surface area contributed by atoms with E-state index in [0.29, 0.717) is 19.3 Å². The molecule has 0 aromatic heterocycles. The van der Waals surface area contributed by atoms with Crippen molar-refractivity contribution < 1.29 is 29.1 Å². The van der Waals surface area contributed by atoms with E-state index in [1.54, 1.807) is 0 Å². The Balaban J connectivity index is 1.77. The van der Waals surface area contributed by atoms with Crippen LogP contribution in [-0.2, 0) is 21.9 Å². The van der Waals surface area contributed by atoms with Crippen molar-refractivity contribution in [1.29, 1.82) is 0 Å². The largest absolute Gasteiger partial charge is 0.469 e. The van der Waals surface area contributed by atoms with Gasteiger partial charge in [-0.3, -0.25) is 4.52 Å². The first kappa shape index (κ1) is 24.7. The summed E-state index contributed by atoms with van der Waals surface area (Å²) in [7, 11) is -4.64. The van der Waals surface area contributed by atoms with Crippen molar-refractivity contribution in [3.8, 4) is 0 Å². The number of nitrogens with two attached hydrogens (primary N) is 1. The summed E-state index contributed by atoms with van der Waals surface area (Å²) < 4.78 is 15.3. The average Bonchev–Trinajstić information content (AvgIpc) is 2.74. The highest BCUT2D eigenvalue weighted by atomic mass is 31.2. The molecule has 0 aliphatic carbocycles. The summed E-state index contributed by atoms with van der Waals surface area (Å²) in [5.41, 5.74) is 7.86. The zero-order valence-corrected chi connectivity index (χ0v) is 18.0. The van der Waals surface area contributed by atoms with Gasteiger partial charge in [-0.15, -0.1) is 0 Å². The maximum absolute atomic E-state index is 10.8. The fraction of sp³-hybridized carbons (Fsp3) is 0.455. The predicted molar refractivity (Wildman–Crippen MR) is 116 cm³/mol. The van der Waals surface area contributed by atoms with E-state index in [0.717, 1.165) is 30.4 Å². The Morgan fingerprint density at radius 1 is 0.967 bits per heavy atom. The smallest absolute Gasteiger partial charge is 0.394 e. The van der Waals surface area contributed by atoms with E-state index in [1.165, 1.54) is 5.56 Å². The number of aryl methyl sites for hydroxylation is 2. The lowest BCUT2D eigenvalue weighted by Gasteiger charge is -2.27. The van der Waals surface area contributed by atoms with E-state index >= 15 is 0 Å². The highest BCUT2D eigenvalue weighted by Crippen LogP contribution is 2.36. The molecule has 0 radical (unpaired) electrons. The Morgan fingerprint density at radius 3 is 2.20 bits per heavy atom. The van der Waals surface area contributed by atoms with Crippen LogP contribution in [0.15, 0.2) is 54.6 Å². The second-order valence-corrected chi connectivity index (χ2v) is 9.01. The molecule has 2 atom stereocenters. The molecule has 2 rings (SSSR count). The predicted octanol–water partition coefficient (Wildman–Crippen LogP) is 2.86. The number of hydrogen-bond donors (Lipinski definition) is 5. The van der Waals surface area contributed by atoms with Crippen molar-refractivity contribution in [3.05, 3.63) is 71.3 Å². The third-order valence-electron chi connectivity index (χ3n) is 5.15. The molecular weight excluding hydrogens is 405 g/mol. The Bertz CT molecular complexity index is 795. The quantitative estimate of drug-likeness (QED) is 0.240. The van der Waals surface area contributed by atoms with Gasteiger partial charge < -0.3 is 25.7 Å². The molecule has 2 aromatic carbocycles. The zero-order valence-electron chi connectivity index (χ0n) is 17.1. The Morgan fingerprint density at radius 2 is 1.60 bits per heavy atom. The first-order valence-electron chi connectivity index (χ1n) is 10.1. The van der Waals surface area contributed by atoms with Gasteiger partial charge in [-0.1, -0.05) is 61.0 Å². The number of unbranched alkanes of at least 4 members (excludes halogenated alkanes) is 1. The second-order valence-electron chi connectivity index (χ2n) is 7.77. The van der Waals surface area contributed by atoms with Crippen LogP contribution in [0.3, 0.4) is 0 Å². The molecule has 0 saturated carbocycles. The van der Waals surface area contributed by atoms with Gasteiger partial charge in [0.15, 0.2) is 0 Å². The van der Waals surface area contributed by atoms with E-state index < -0.39 is 32.7 Å². The summed E-state index contributed by atoms with van der Waals surface area (Å²) in [6.07, 6.45) is 3.95. The van der Waals surface area contributed by atoms with Gasteiger partial charge in [0.25, 0.3) is 0 Å². The normalized spacial score (nSPS) is 15.0. The van der Waals surface area contributed by atoms with Gasteiger partial charge in [0, 0.05) is 0 Å². The summed E-state index contributed by atoms with van der Waals surface area (Å²) in [6.45, 7) is -0.889. The van der Waals surface area contributed by atoms with Crippen molar-refractivity contribution in [2.45, 2.75) is 50.2 Å². The highest BCUT2D eigenvalue weighted by molar-refractivity contribution is 7.46. The van der Waals surface area contributed by atoms with Crippen LogP contribution in [0.2, 0.25) is 0 Å². The first-order chi connectivity index (χ1) is 14.2. The van der Waals surface area contributed by atoms with Gasteiger partial charge in [-0.25, -0.2) is 4.57 Å². The summed E-state index contributed by atoms with van der Waals surface area (Å²) >= 11 is 0. The van der Waals surface area contributed by atoms with Crippen LogP contribution in [0, 0.1) is 0 Å². The van der Waals surface area contributed by atoms with Gasteiger partial charge in [0.1, 0.15) is 0 Å². The first-order valence-corrected chi connectivity index (χ1v) is 11.6. The molecule has 0 aliphatic heterocycles. The molecule has 0 amide bonds. The monoisotopic (exact) mass is 437 g/mol. The fourth-order valence-electron chi connectivity index (χ4n) is 3.19. The average molecular weight is 437 g/mol. The molecular formula is C22H32NO6P. The van der Waals surface area contributed by atoms with E-state index in [-0.39, 0.29) is 0 Å². The van der Waals surface area contributed by atoms with Crippen LogP contribution in [0.4, 0.5) is 0 Å². The molecule has 166 valence electrons. The number of aliphatic hydroxyl groups is 2. The van der Waals surface area contributed by atoms with Crippen LogP contribution < -0.4 is 5.73 Å². The number of phosphoric ester groups is 1. The van der Waals surface area contributed by atoms with Crippen molar-refractivity contribution in [2.24, 2.45) is 5.73 Å². The van der Waals surface area contributed by atoms with Gasteiger partial charge in [-0.2, -0.15) is 0 Å². The molecule has 0 aliphatic rings. The number of phosphoric acid groups is 1. The summed E-state index contributed by atoms with van der Waals surface area (Å²) in [5.74, 6) is 0. The van der Waals surface area contributed by atoms with Crippen molar-refractivity contribution in [1.82, 2.24) is 0 Å². The highest BCUT2D eigenvalue weighted by Gasteiger charge is 2.28.